The Morgan fingerprint density at radius 3 is 1.63 bits per heavy atom. The Morgan fingerprint density at radius 1 is 0.741 bits per heavy atom. The highest BCUT2D eigenvalue weighted by atomic mass is 16.1. The van der Waals surface area contributed by atoms with Crippen molar-refractivity contribution in [3.05, 3.63) is 108 Å². The molecule has 0 aliphatic carbocycles. The molecule has 27 heavy (non-hydrogen) atoms. The van der Waals surface area contributed by atoms with Gasteiger partial charge in [0.05, 0.1) is 12.0 Å². The van der Waals surface area contributed by atoms with E-state index < -0.39 is 0 Å². The molecule has 0 aliphatic rings. The van der Waals surface area contributed by atoms with Crippen LogP contribution in [0.2, 0.25) is 0 Å². The van der Waals surface area contributed by atoms with Gasteiger partial charge in [0.1, 0.15) is 0 Å². The smallest absolute Gasteiger partial charge is 0.232 e. The zero-order valence-electron chi connectivity index (χ0n) is 15.8. The second kappa shape index (κ2) is 9.72. The van der Waals surface area contributed by atoms with Gasteiger partial charge in [-0.25, -0.2) is 0 Å². The van der Waals surface area contributed by atoms with E-state index in [1.165, 1.54) is 5.56 Å². The summed E-state index contributed by atoms with van der Waals surface area (Å²) >= 11 is 0. The van der Waals surface area contributed by atoms with Gasteiger partial charge in [-0.05, 0) is 23.1 Å². The maximum absolute atomic E-state index is 13.4. The van der Waals surface area contributed by atoms with Gasteiger partial charge in [-0.15, -0.1) is 0 Å². The molecule has 0 aliphatic heterocycles. The number of hydrogen-bond donors (Lipinski definition) is 1. The van der Waals surface area contributed by atoms with E-state index in [1.54, 1.807) is 0 Å². The highest BCUT2D eigenvalue weighted by Gasteiger charge is 2.25. The van der Waals surface area contributed by atoms with E-state index in [0.29, 0.717) is 0 Å². The lowest BCUT2D eigenvalue weighted by Gasteiger charge is -2.24. The maximum atomic E-state index is 13.4. The first kappa shape index (κ1) is 18.9. The van der Waals surface area contributed by atoms with Crippen LogP contribution in [0.4, 0.5) is 0 Å². The fourth-order valence-electron chi connectivity index (χ4n) is 3.46. The topological polar surface area (TPSA) is 29.1 Å². The normalized spacial score (nSPS) is 11.9. The van der Waals surface area contributed by atoms with Crippen LogP contribution in [0.25, 0.3) is 0 Å². The number of benzene rings is 3. The Morgan fingerprint density at radius 2 is 1.19 bits per heavy atom. The number of rotatable bonds is 8. The minimum atomic E-state index is -0.305. The summed E-state index contributed by atoms with van der Waals surface area (Å²) in [5, 5.41) is 3.33. The van der Waals surface area contributed by atoms with Crippen molar-refractivity contribution in [1.29, 1.82) is 0 Å². The molecular formula is C25H27NO. The number of carbonyl (C=O) groups excluding carboxylic acids is 1. The van der Waals surface area contributed by atoms with Gasteiger partial charge in [-0.2, -0.15) is 0 Å². The monoisotopic (exact) mass is 357 g/mol. The summed E-state index contributed by atoms with van der Waals surface area (Å²) in [6, 6.07) is 30.4. The third-order valence-electron chi connectivity index (χ3n) is 4.89. The van der Waals surface area contributed by atoms with Gasteiger partial charge in [0.25, 0.3) is 0 Å². The molecule has 0 fully saturated rings. The molecule has 0 spiro atoms. The molecule has 3 aromatic carbocycles. The third kappa shape index (κ3) is 5.07. The molecule has 0 heterocycles. The van der Waals surface area contributed by atoms with Crippen LogP contribution in [-0.2, 0) is 4.79 Å². The largest absolute Gasteiger partial charge is 0.348 e. The van der Waals surface area contributed by atoms with Crippen LogP contribution in [0.1, 0.15) is 54.8 Å². The van der Waals surface area contributed by atoms with Gasteiger partial charge in [0.2, 0.25) is 5.91 Å². The molecule has 2 heteroatoms. The van der Waals surface area contributed by atoms with Crippen LogP contribution < -0.4 is 5.32 Å². The molecule has 3 rings (SSSR count). The summed E-state index contributed by atoms with van der Waals surface area (Å²) < 4.78 is 0. The van der Waals surface area contributed by atoms with Gasteiger partial charge in [-0.1, -0.05) is 111 Å². The predicted octanol–water partition coefficient (Wildman–Crippen LogP) is 5.87. The number of nitrogens with one attached hydrogen (secondary N) is 1. The van der Waals surface area contributed by atoms with Gasteiger partial charge in [0.15, 0.2) is 0 Å². The quantitative estimate of drug-likeness (QED) is 0.537. The van der Waals surface area contributed by atoms with E-state index in [-0.39, 0.29) is 17.9 Å². The van der Waals surface area contributed by atoms with Gasteiger partial charge in [0, 0.05) is 0 Å². The lowest BCUT2D eigenvalue weighted by atomic mass is 9.89. The minimum absolute atomic E-state index is 0.0357. The molecule has 2 nitrogen and oxygen atoms in total. The van der Waals surface area contributed by atoms with Crippen molar-refractivity contribution < 1.29 is 4.79 Å². The van der Waals surface area contributed by atoms with E-state index in [4.69, 9.17) is 0 Å². The van der Waals surface area contributed by atoms with Crippen molar-refractivity contribution in [2.24, 2.45) is 0 Å². The van der Waals surface area contributed by atoms with Crippen molar-refractivity contribution in [3.8, 4) is 0 Å². The number of hydrogen-bond acceptors (Lipinski definition) is 1. The first-order chi connectivity index (χ1) is 13.3. The first-order valence-corrected chi connectivity index (χ1v) is 9.74. The SMILES string of the molecule is CCCC[C@H](NC(=O)C(c1ccccc1)c1ccccc1)c1ccccc1. The highest BCUT2D eigenvalue weighted by molar-refractivity contribution is 5.87. The minimum Gasteiger partial charge on any atom is -0.348 e. The molecule has 1 amide bonds. The summed E-state index contributed by atoms with van der Waals surface area (Å²) in [5.41, 5.74) is 3.20. The summed E-state index contributed by atoms with van der Waals surface area (Å²) in [6.45, 7) is 2.18. The molecule has 0 aromatic heterocycles. The Hall–Kier alpha value is -2.87. The summed E-state index contributed by atoms with van der Waals surface area (Å²) in [4.78, 5) is 13.4. The number of carbonyl (C=O) groups is 1. The third-order valence-corrected chi connectivity index (χ3v) is 4.89. The lowest BCUT2D eigenvalue weighted by Crippen LogP contribution is -2.33. The molecule has 0 saturated carbocycles. The van der Waals surface area contributed by atoms with Gasteiger partial charge in [-0.3, -0.25) is 4.79 Å². The first-order valence-electron chi connectivity index (χ1n) is 9.74. The molecule has 1 atom stereocenters. The van der Waals surface area contributed by atoms with Gasteiger partial charge >= 0.3 is 0 Å². The summed E-state index contributed by atoms with van der Waals surface area (Å²) in [6.07, 6.45) is 3.14. The van der Waals surface area contributed by atoms with Crippen molar-refractivity contribution in [2.45, 2.75) is 38.1 Å². The standard InChI is InChI=1S/C25H27NO/c1-2-3-19-23(20-13-7-4-8-14-20)26-25(27)24(21-15-9-5-10-16-21)22-17-11-6-12-18-22/h4-18,23-24H,2-3,19H2,1H3,(H,26,27)/t23-/m0/s1. The summed E-state index contributed by atoms with van der Waals surface area (Å²) in [7, 11) is 0. The molecular weight excluding hydrogens is 330 g/mol. The Bertz CT molecular complexity index is 775. The zero-order chi connectivity index (χ0) is 18.9. The van der Waals surface area contributed by atoms with Gasteiger partial charge < -0.3 is 5.32 Å². The molecule has 1 N–H and O–H groups in total. The fraction of sp³-hybridized carbons (Fsp3) is 0.240. The molecule has 138 valence electrons. The zero-order valence-corrected chi connectivity index (χ0v) is 15.8. The molecule has 0 bridgehead atoms. The van der Waals surface area contributed by atoms with Crippen LogP contribution in [0.15, 0.2) is 91.0 Å². The molecule has 3 aromatic rings. The van der Waals surface area contributed by atoms with E-state index in [9.17, 15) is 4.79 Å². The van der Waals surface area contributed by atoms with Crippen LogP contribution in [-0.4, -0.2) is 5.91 Å². The Labute approximate surface area is 162 Å². The fourth-order valence-corrected chi connectivity index (χ4v) is 3.46. The maximum Gasteiger partial charge on any atom is 0.232 e. The lowest BCUT2D eigenvalue weighted by molar-refractivity contribution is -0.122. The summed E-state index contributed by atoms with van der Waals surface area (Å²) in [5.74, 6) is -0.252. The number of unbranched alkanes of at least 4 members (excludes halogenated alkanes) is 1. The predicted molar refractivity (Wildman–Crippen MR) is 112 cm³/mol. The second-order valence-electron chi connectivity index (χ2n) is 6.87. The Balaban J connectivity index is 1.88. The highest BCUT2D eigenvalue weighted by Crippen LogP contribution is 2.27. The van der Waals surface area contributed by atoms with Crippen LogP contribution in [0, 0.1) is 0 Å². The molecule has 0 radical (unpaired) electrons. The number of amides is 1. The van der Waals surface area contributed by atoms with E-state index in [0.717, 1.165) is 30.4 Å². The average molecular weight is 357 g/mol. The van der Waals surface area contributed by atoms with Crippen LogP contribution in [0.5, 0.6) is 0 Å². The van der Waals surface area contributed by atoms with Crippen LogP contribution >= 0.6 is 0 Å². The second-order valence-corrected chi connectivity index (χ2v) is 6.87. The van der Waals surface area contributed by atoms with Crippen molar-refractivity contribution >= 4 is 5.91 Å². The molecule has 0 unspecified atom stereocenters. The van der Waals surface area contributed by atoms with Crippen molar-refractivity contribution in [2.75, 3.05) is 0 Å². The Kier molecular flexibility index (Phi) is 6.81. The van der Waals surface area contributed by atoms with E-state index in [1.807, 2.05) is 78.9 Å². The van der Waals surface area contributed by atoms with E-state index >= 15 is 0 Å². The van der Waals surface area contributed by atoms with Crippen molar-refractivity contribution in [1.82, 2.24) is 5.32 Å². The van der Waals surface area contributed by atoms with Crippen molar-refractivity contribution in [3.63, 3.8) is 0 Å². The molecule has 0 saturated heterocycles. The average Bonchev–Trinajstić information content (AvgIpc) is 2.73. The van der Waals surface area contributed by atoms with Crippen LogP contribution in [0.3, 0.4) is 0 Å². The van der Waals surface area contributed by atoms with E-state index in [2.05, 4.69) is 24.4 Å².